The van der Waals surface area contributed by atoms with Gasteiger partial charge < -0.3 is 0 Å². The second-order valence-electron chi connectivity index (χ2n) is 1.40. The fourth-order valence-electron chi connectivity index (χ4n) is 0.481. The van der Waals surface area contributed by atoms with Crippen molar-refractivity contribution < 1.29 is 0 Å². The van der Waals surface area contributed by atoms with E-state index in [0.717, 1.165) is 0 Å². The van der Waals surface area contributed by atoms with Crippen LogP contribution >= 0.6 is 8.99 Å². The molecule has 0 aliphatic heterocycles. The number of hydrogen-bond donors (Lipinski definition) is 0. The quantitative estimate of drug-likeness (QED) is 0.669. The van der Waals surface area contributed by atoms with E-state index in [2.05, 4.69) is 24.3 Å². The molecule has 8 heavy (non-hydrogen) atoms. The summed E-state index contributed by atoms with van der Waals surface area (Å²) in [5.74, 6) is 0. The van der Waals surface area contributed by atoms with Gasteiger partial charge in [-0.3, -0.25) is 0 Å². The molecule has 0 amide bonds. The molecule has 0 aromatic heterocycles. The fraction of sp³-hybridized carbons (Fsp3) is 0. The molecule has 0 unspecified atom stereocenters. The predicted molar refractivity (Wildman–Crippen MR) is 39.4 cm³/mol. The summed E-state index contributed by atoms with van der Waals surface area (Å²) < 4.78 is 0. The van der Waals surface area contributed by atoms with Crippen LogP contribution in [0.1, 0.15) is 0 Å². The van der Waals surface area contributed by atoms with Crippen molar-refractivity contribution in [2.24, 2.45) is 0 Å². The first-order valence-corrected chi connectivity index (χ1v) is 6.20. The Morgan fingerprint density at radius 1 is 1.12 bits per heavy atom. The van der Waals surface area contributed by atoms with Gasteiger partial charge in [0.25, 0.3) is 0 Å². The minimum atomic E-state index is 1.35. The van der Waals surface area contributed by atoms with Crippen molar-refractivity contribution >= 4 is 29.9 Å². The van der Waals surface area contributed by atoms with Gasteiger partial charge in [0.1, 0.15) is 0 Å². The van der Waals surface area contributed by atoms with E-state index in [9.17, 15) is 0 Å². The van der Waals surface area contributed by atoms with Crippen molar-refractivity contribution in [2.45, 2.75) is 4.90 Å². The number of hydrogen-bond acceptors (Lipinski definition) is 1. The fourth-order valence-corrected chi connectivity index (χ4v) is 1.80. The SMILES string of the molecule is [TeH]Sc1ccccc1. The molecule has 0 aliphatic rings. The first-order valence-electron chi connectivity index (χ1n) is 2.30. The molecule has 42 valence electrons. The van der Waals surface area contributed by atoms with Crippen molar-refractivity contribution in [3.05, 3.63) is 30.3 Å². The van der Waals surface area contributed by atoms with Gasteiger partial charge in [0, 0.05) is 0 Å². The molecular formula is C6H6STe. The van der Waals surface area contributed by atoms with Crippen LogP contribution in [0.3, 0.4) is 0 Å². The second kappa shape index (κ2) is 3.40. The van der Waals surface area contributed by atoms with Crippen LogP contribution in [-0.4, -0.2) is 20.9 Å². The third-order valence-corrected chi connectivity index (χ3v) is 3.14. The van der Waals surface area contributed by atoms with Crippen LogP contribution in [0, 0.1) is 0 Å². The minimum absolute atomic E-state index is 1.35. The van der Waals surface area contributed by atoms with Crippen LogP contribution in [0.15, 0.2) is 35.2 Å². The molecule has 0 spiro atoms. The van der Waals surface area contributed by atoms with Crippen LogP contribution in [0.4, 0.5) is 0 Å². The zero-order chi connectivity index (χ0) is 5.82. The van der Waals surface area contributed by atoms with Gasteiger partial charge in [-0.15, -0.1) is 0 Å². The van der Waals surface area contributed by atoms with E-state index in [1.165, 1.54) is 4.90 Å². The van der Waals surface area contributed by atoms with Crippen molar-refractivity contribution in [3.63, 3.8) is 0 Å². The summed E-state index contributed by atoms with van der Waals surface area (Å²) in [6.45, 7) is 0. The third kappa shape index (κ3) is 1.70. The summed E-state index contributed by atoms with van der Waals surface area (Å²) in [4.78, 5) is 1.35. The normalized spacial score (nSPS) is 9.12. The van der Waals surface area contributed by atoms with E-state index >= 15 is 0 Å². The summed E-state index contributed by atoms with van der Waals surface area (Å²) in [6, 6.07) is 10.4. The van der Waals surface area contributed by atoms with Gasteiger partial charge in [-0.1, -0.05) is 0 Å². The maximum absolute atomic E-state index is 2.11. The molecule has 1 aromatic carbocycles. The monoisotopic (exact) mass is 240 g/mol. The zero-order valence-electron chi connectivity index (χ0n) is 4.24. The Kier molecular flexibility index (Phi) is 2.75. The van der Waals surface area contributed by atoms with Crippen LogP contribution in [0.5, 0.6) is 0 Å². The zero-order valence-corrected chi connectivity index (χ0v) is 7.61. The molecular weight excluding hydrogens is 232 g/mol. The predicted octanol–water partition coefficient (Wildman–Crippen LogP) is 1.59. The average molecular weight is 238 g/mol. The Morgan fingerprint density at radius 2 is 1.75 bits per heavy atom. The molecule has 0 saturated heterocycles. The Labute approximate surface area is 65.1 Å². The van der Waals surface area contributed by atoms with Crippen LogP contribution in [0.25, 0.3) is 0 Å². The van der Waals surface area contributed by atoms with E-state index in [-0.39, 0.29) is 0 Å². The van der Waals surface area contributed by atoms with Gasteiger partial charge in [0.05, 0.1) is 0 Å². The summed E-state index contributed by atoms with van der Waals surface area (Å²) in [7, 11) is 1.82. The van der Waals surface area contributed by atoms with Gasteiger partial charge in [-0.2, -0.15) is 0 Å². The molecule has 2 heteroatoms. The standard InChI is InChI=1S/C6H6STe/c8-7-6-4-2-1-3-5-6/h1-5,8H. The molecule has 0 fully saturated rings. The van der Waals surface area contributed by atoms with Crippen molar-refractivity contribution in [2.75, 3.05) is 0 Å². The average Bonchev–Trinajstić information content (AvgIpc) is 1.90. The third-order valence-electron chi connectivity index (χ3n) is 0.849. The van der Waals surface area contributed by atoms with E-state index in [4.69, 9.17) is 0 Å². The Balaban J connectivity index is 2.83. The summed E-state index contributed by atoms with van der Waals surface area (Å²) >= 11 is 1.76. The topological polar surface area (TPSA) is 0 Å². The Hall–Kier alpha value is 0.360. The van der Waals surface area contributed by atoms with Crippen LogP contribution < -0.4 is 0 Å². The molecule has 1 aromatic rings. The molecule has 1 rings (SSSR count). The second-order valence-corrected chi connectivity index (χ2v) is 3.62. The van der Waals surface area contributed by atoms with Crippen LogP contribution in [0.2, 0.25) is 0 Å². The number of benzene rings is 1. The molecule has 0 saturated carbocycles. The summed E-state index contributed by atoms with van der Waals surface area (Å²) in [5, 5.41) is 0. The van der Waals surface area contributed by atoms with Crippen molar-refractivity contribution in [3.8, 4) is 0 Å². The van der Waals surface area contributed by atoms with Gasteiger partial charge in [-0.05, 0) is 0 Å². The molecule has 0 nitrogen and oxygen atoms in total. The van der Waals surface area contributed by atoms with Crippen LogP contribution in [-0.2, 0) is 0 Å². The Bertz CT molecular complexity index is 150. The number of rotatable bonds is 1. The first-order chi connectivity index (χ1) is 3.93. The van der Waals surface area contributed by atoms with E-state index < -0.39 is 0 Å². The molecule has 0 radical (unpaired) electrons. The van der Waals surface area contributed by atoms with Gasteiger partial charge in [0.15, 0.2) is 0 Å². The molecule has 0 bridgehead atoms. The van der Waals surface area contributed by atoms with Crippen molar-refractivity contribution in [1.82, 2.24) is 0 Å². The van der Waals surface area contributed by atoms with E-state index in [1.807, 2.05) is 15.1 Å². The summed E-state index contributed by atoms with van der Waals surface area (Å²) in [5.41, 5.74) is 0. The molecule has 0 N–H and O–H groups in total. The summed E-state index contributed by atoms with van der Waals surface area (Å²) in [6.07, 6.45) is 0. The van der Waals surface area contributed by atoms with Crippen molar-refractivity contribution in [1.29, 1.82) is 0 Å². The van der Waals surface area contributed by atoms with E-state index in [0.29, 0.717) is 0 Å². The molecule has 0 atom stereocenters. The van der Waals surface area contributed by atoms with Gasteiger partial charge in [0.2, 0.25) is 0 Å². The van der Waals surface area contributed by atoms with Gasteiger partial charge in [-0.25, -0.2) is 0 Å². The maximum atomic E-state index is 2.11. The van der Waals surface area contributed by atoms with E-state index in [1.54, 1.807) is 20.9 Å². The molecule has 0 aliphatic carbocycles. The molecule has 0 heterocycles. The Morgan fingerprint density at radius 3 is 2.12 bits per heavy atom. The van der Waals surface area contributed by atoms with Gasteiger partial charge >= 0.3 is 65.1 Å². The first kappa shape index (κ1) is 6.48.